The van der Waals surface area contributed by atoms with Crippen LogP contribution in [0.5, 0.6) is 0 Å². The van der Waals surface area contributed by atoms with Gasteiger partial charge in [0.1, 0.15) is 5.69 Å². The third kappa shape index (κ3) is 2.92. The van der Waals surface area contributed by atoms with Crippen LogP contribution in [0, 0.1) is 0 Å². The van der Waals surface area contributed by atoms with Crippen molar-refractivity contribution in [2.45, 2.75) is 0 Å². The average molecular weight is 271 g/mol. The van der Waals surface area contributed by atoms with Gasteiger partial charge in [0.15, 0.2) is 0 Å². The molecule has 0 unspecified atom stereocenters. The van der Waals surface area contributed by atoms with Gasteiger partial charge in [-0.3, -0.25) is 4.79 Å². The van der Waals surface area contributed by atoms with Crippen molar-refractivity contribution < 1.29 is 14.3 Å². The third-order valence-electron chi connectivity index (χ3n) is 2.60. The minimum atomic E-state index is -0.522. The Morgan fingerprint density at radius 1 is 1.20 bits per heavy atom. The maximum Gasteiger partial charge on any atom is 0.339 e. The number of hydrogen-bond donors (Lipinski definition) is 2. The molecule has 2 aromatic rings. The van der Waals surface area contributed by atoms with Crippen LogP contribution in [0.3, 0.4) is 0 Å². The van der Waals surface area contributed by atoms with Crippen molar-refractivity contribution in [3.63, 3.8) is 0 Å². The number of anilines is 2. The van der Waals surface area contributed by atoms with Gasteiger partial charge in [0.25, 0.3) is 5.91 Å². The zero-order chi connectivity index (χ0) is 14.5. The van der Waals surface area contributed by atoms with Crippen molar-refractivity contribution in [1.29, 1.82) is 0 Å². The Balaban J connectivity index is 2.24. The maximum atomic E-state index is 12.0. The van der Waals surface area contributed by atoms with E-state index in [1.165, 1.54) is 19.4 Å². The van der Waals surface area contributed by atoms with Gasteiger partial charge in [-0.25, -0.2) is 9.78 Å². The first-order chi connectivity index (χ1) is 9.61. The van der Waals surface area contributed by atoms with E-state index in [0.29, 0.717) is 11.4 Å². The normalized spacial score (nSPS) is 9.85. The van der Waals surface area contributed by atoms with Crippen LogP contribution in [0.4, 0.5) is 11.4 Å². The number of pyridine rings is 1. The molecule has 0 bridgehead atoms. The number of nitrogens with one attached hydrogen (secondary N) is 1. The summed E-state index contributed by atoms with van der Waals surface area (Å²) >= 11 is 0. The molecule has 3 N–H and O–H groups in total. The summed E-state index contributed by atoms with van der Waals surface area (Å²) < 4.78 is 4.66. The van der Waals surface area contributed by atoms with E-state index in [9.17, 15) is 9.59 Å². The Labute approximate surface area is 115 Å². The van der Waals surface area contributed by atoms with Gasteiger partial charge in [-0.15, -0.1) is 0 Å². The van der Waals surface area contributed by atoms with Crippen molar-refractivity contribution >= 4 is 23.3 Å². The van der Waals surface area contributed by atoms with Crippen LogP contribution < -0.4 is 11.1 Å². The van der Waals surface area contributed by atoms with Gasteiger partial charge in [-0.05, 0) is 24.3 Å². The van der Waals surface area contributed by atoms with Crippen molar-refractivity contribution in [2.75, 3.05) is 18.2 Å². The number of hydrogen-bond acceptors (Lipinski definition) is 5. The van der Waals surface area contributed by atoms with E-state index in [0.717, 1.165) is 0 Å². The molecule has 0 aliphatic heterocycles. The molecule has 6 heteroatoms. The molecular formula is C14H13N3O3. The lowest BCUT2D eigenvalue weighted by Gasteiger charge is -2.09. The smallest absolute Gasteiger partial charge is 0.339 e. The fourth-order valence-electron chi connectivity index (χ4n) is 1.61. The number of methoxy groups -OCH3 is 1. The summed E-state index contributed by atoms with van der Waals surface area (Å²) in [4.78, 5) is 27.5. The number of nitrogens with two attached hydrogens (primary N) is 1. The van der Waals surface area contributed by atoms with E-state index >= 15 is 0 Å². The summed E-state index contributed by atoms with van der Waals surface area (Å²) in [6.45, 7) is 0. The highest BCUT2D eigenvalue weighted by atomic mass is 16.5. The van der Waals surface area contributed by atoms with Gasteiger partial charge in [-0.1, -0.05) is 12.1 Å². The number of esters is 1. The Morgan fingerprint density at radius 3 is 2.60 bits per heavy atom. The van der Waals surface area contributed by atoms with Crippen LogP contribution in [0.2, 0.25) is 0 Å². The van der Waals surface area contributed by atoms with E-state index in [1.54, 1.807) is 30.3 Å². The highest BCUT2D eigenvalue weighted by Crippen LogP contribution is 2.17. The minimum Gasteiger partial charge on any atom is -0.465 e. The molecule has 0 atom stereocenters. The summed E-state index contributed by atoms with van der Waals surface area (Å²) in [7, 11) is 1.28. The van der Waals surface area contributed by atoms with Crippen LogP contribution in [0.15, 0.2) is 42.6 Å². The molecule has 0 aliphatic carbocycles. The summed E-state index contributed by atoms with van der Waals surface area (Å²) in [5.41, 5.74) is 6.82. The molecule has 2 rings (SSSR count). The Morgan fingerprint density at radius 2 is 1.95 bits per heavy atom. The van der Waals surface area contributed by atoms with Crippen molar-refractivity contribution in [3.8, 4) is 0 Å². The van der Waals surface area contributed by atoms with Crippen LogP contribution in [-0.4, -0.2) is 24.0 Å². The SMILES string of the molecule is COC(=O)c1ccccc1NC(=O)c1ccc(N)cn1. The van der Waals surface area contributed by atoms with Gasteiger partial charge < -0.3 is 15.8 Å². The van der Waals surface area contributed by atoms with Gasteiger partial charge >= 0.3 is 5.97 Å². The molecule has 1 heterocycles. The predicted octanol–water partition coefficient (Wildman–Crippen LogP) is 1.70. The van der Waals surface area contributed by atoms with Crippen LogP contribution >= 0.6 is 0 Å². The second-order valence-electron chi connectivity index (χ2n) is 3.97. The fourth-order valence-corrected chi connectivity index (χ4v) is 1.61. The number of amides is 1. The summed E-state index contributed by atoms with van der Waals surface area (Å²) in [6.07, 6.45) is 1.39. The molecule has 1 aromatic carbocycles. The molecule has 6 nitrogen and oxygen atoms in total. The summed E-state index contributed by atoms with van der Waals surface area (Å²) in [5.74, 6) is -0.951. The molecule has 20 heavy (non-hydrogen) atoms. The Bertz CT molecular complexity index is 638. The number of benzene rings is 1. The topological polar surface area (TPSA) is 94.3 Å². The number of nitrogens with zero attached hydrogens (tertiary/aromatic N) is 1. The summed E-state index contributed by atoms with van der Waals surface area (Å²) in [6, 6.07) is 9.65. The zero-order valence-electron chi connectivity index (χ0n) is 10.8. The average Bonchev–Trinajstić information content (AvgIpc) is 2.47. The molecule has 0 saturated heterocycles. The molecular weight excluding hydrogens is 258 g/mol. The third-order valence-corrected chi connectivity index (χ3v) is 2.60. The lowest BCUT2D eigenvalue weighted by atomic mass is 10.1. The Hall–Kier alpha value is -2.89. The van der Waals surface area contributed by atoms with E-state index in [4.69, 9.17) is 5.73 Å². The molecule has 1 amide bonds. The molecule has 0 radical (unpaired) electrons. The van der Waals surface area contributed by atoms with Crippen LogP contribution in [0.25, 0.3) is 0 Å². The highest BCUT2D eigenvalue weighted by Gasteiger charge is 2.14. The van der Waals surface area contributed by atoms with E-state index in [1.807, 2.05) is 0 Å². The first-order valence-electron chi connectivity index (χ1n) is 5.82. The first kappa shape index (κ1) is 13.5. The van der Waals surface area contributed by atoms with E-state index in [-0.39, 0.29) is 11.3 Å². The van der Waals surface area contributed by atoms with Crippen molar-refractivity contribution in [3.05, 3.63) is 53.9 Å². The number of carbonyl (C=O) groups is 2. The maximum absolute atomic E-state index is 12.0. The molecule has 0 aliphatic rings. The molecule has 0 saturated carbocycles. The number of carbonyl (C=O) groups excluding carboxylic acids is 2. The molecule has 0 spiro atoms. The largest absolute Gasteiger partial charge is 0.465 e. The van der Waals surface area contributed by atoms with Crippen LogP contribution in [0.1, 0.15) is 20.8 Å². The van der Waals surface area contributed by atoms with Crippen molar-refractivity contribution in [2.24, 2.45) is 0 Å². The van der Waals surface area contributed by atoms with E-state index in [2.05, 4.69) is 15.0 Å². The van der Waals surface area contributed by atoms with Gasteiger partial charge in [0, 0.05) is 0 Å². The molecule has 102 valence electrons. The quantitative estimate of drug-likeness (QED) is 0.828. The lowest BCUT2D eigenvalue weighted by molar-refractivity contribution is 0.0602. The fraction of sp³-hybridized carbons (Fsp3) is 0.0714. The number of aromatic nitrogens is 1. The van der Waals surface area contributed by atoms with Crippen molar-refractivity contribution in [1.82, 2.24) is 4.98 Å². The standard InChI is InChI=1S/C14H13N3O3/c1-20-14(19)10-4-2-3-5-11(10)17-13(18)12-7-6-9(15)8-16-12/h2-8H,15H2,1H3,(H,17,18). The zero-order valence-corrected chi connectivity index (χ0v) is 10.8. The van der Waals surface area contributed by atoms with Gasteiger partial charge in [0.2, 0.25) is 0 Å². The number of rotatable bonds is 3. The highest BCUT2D eigenvalue weighted by molar-refractivity contribution is 6.07. The number of ether oxygens (including phenoxy) is 1. The van der Waals surface area contributed by atoms with E-state index < -0.39 is 11.9 Å². The van der Waals surface area contributed by atoms with Gasteiger partial charge in [0.05, 0.1) is 30.2 Å². The Kier molecular flexibility index (Phi) is 3.95. The van der Waals surface area contributed by atoms with Gasteiger partial charge in [-0.2, -0.15) is 0 Å². The molecule has 1 aromatic heterocycles. The first-order valence-corrected chi connectivity index (χ1v) is 5.82. The lowest BCUT2D eigenvalue weighted by Crippen LogP contribution is -2.16. The number of nitrogen functional groups attached to an aromatic ring is 1. The second-order valence-corrected chi connectivity index (χ2v) is 3.97. The molecule has 0 fully saturated rings. The number of para-hydroxylation sites is 1. The van der Waals surface area contributed by atoms with Crippen LogP contribution in [-0.2, 0) is 4.74 Å². The minimum absolute atomic E-state index is 0.207. The summed E-state index contributed by atoms with van der Waals surface area (Å²) in [5, 5.41) is 2.62. The monoisotopic (exact) mass is 271 g/mol. The second kappa shape index (κ2) is 5.83. The predicted molar refractivity (Wildman–Crippen MR) is 74.4 cm³/mol.